The SMILES string of the molecule is CCCCOC(=O)[C@H]1C[C@@H](/C=C/c2c(-c3ccc(F)cc3)nc(N(C)S(C)(=O)=O)nc2C(C)C)OC(C)(C)O1. The van der Waals surface area contributed by atoms with E-state index in [4.69, 9.17) is 14.2 Å². The van der Waals surface area contributed by atoms with Gasteiger partial charge < -0.3 is 14.2 Å². The van der Waals surface area contributed by atoms with Gasteiger partial charge in [-0.3, -0.25) is 0 Å². The first kappa shape index (κ1) is 30.6. The molecule has 0 radical (unpaired) electrons. The Hall–Kier alpha value is -2.89. The number of carbonyl (C=O) groups is 1. The Labute approximate surface area is 230 Å². The Kier molecular flexibility index (Phi) is 9.84. The van der Waals surface area contributed by atoms with Gasteiger partial charge in [0.25, 0.3) is 0 Å². The molecule has 11 heteroatoms. The number of anilines is 1. The van der Waals surface area contributed by atoms with Gasteiger partial charge in [-0.2, -0.15) is 0 Å². The van der Waals surface area contributed by atoms with E-state index in [-0.39, 0.29) is 18.3 Å². The molecule has 214 valence electrons. The number of sulfonamides is 1. The minimum Gasteiger partial charge on any atom is -0.464 e. The summed E-state index contributed by atoms with van der Waals surface area (Å²) in [7, 11) is -2.24. The van der Waals surface area contributed by atoms with E-state index >= 15 is 0 Å². The molecule has 9 nitrogen and oxygen atoms in total. The van der Waals surface area contributed by atoms with Crippen molar-refractivity contribution in [1.29, 1.82) is 0 Å². The van der Waals surface area contributed by atoms with Crippen LogP contribution in [0.15, 0.2) is 30.3 Å². The molecule has 0 amide bonds. The highest BCUT2D eigenvalue weighted by molar-refractivity contribution is 7.92. The summed E-state index contributed by atoms with van der Waals surface area (Å²) >= 11 is 0. The van der Waals surface area contributed by atoms with Crippen LogP contribution in [0.3, 0.4) is 0 Å². The number of nitrogens with zero attached hydrogens (tertiary/aromatic N) is 3. The van der Waals surface area contributed by atoms with Gasteiger partial charge in [-0.25, -0.2) is 31.9 Å². The smallest absolute Gasteiger partial charge is 0.335 e. The third-order valence-electron chi connectivity index (χ3n) is 6.20. The fraction of sp³-hybridized carbons (Fsp3) is 0.536. The zero-order valence-corrected chi connectivity index (χ0v) is 24.4. The third kappa shape index (κ3) is 8.06. The molecule has 1 aromatic heterocycles. The van der Waals surface area contributed by atoms with Gasteiger partial charge in [0, 0.05) is 24.6 Å². The van der Waals surface area contributed by atoms with Gasteiger partial charge in [0.15, 0.2) is 11.9 Å². The van der Waals surface area contributed by atoms with Crippen LogP contribution in [0.5, 0.6) is 0 Å². The summed E-state index contributed by atoms with van der Waals surface area (Å²) in [5, 5.41) is 0. The number of ether oxygens (including phenoxy) is 3. The van der Waals surface area contributed by atoms with Gasteiger partial charge in [-0.15, -0.1) is 0 Å². The maximum absolute atomic E-state index is 13.7. The van der Waals surface area contributed by atoms with Crippen molar-refractivity contribution in [2.45, 2.75) is 77.8 Å². The molecule has 1 fully saturated rings. The van der Waals surface area contributed by atoms with E-state index in [9.17, 15) is 17.6 Å². The predicted molar refractivity (Wildman–Crippen MR) is 148 cm³/mol. The highest BCUT2D eigenvalue weighted by atomic mass is 32.2. The highest BCUT2D eigenvalue weighted by Gasteiger charge is 2.39. The fourth-order valence-corrected chi connectivity index (χ4v) is 4.49. The number of halogens is 1. The molecular formula is C28H38FN3O6S. The minimum atomic E-state index is -3.63. The van der Waals surface area contributed by atoms with Crippen LogP contribution in [0.1, 0.15) is 71.1 Å². The van der Waals surface area contributed by atoms with Gasteiger partial charge in [0.2, 0.25) is 16.0 Å². The number of benzene rings is 1. The number of aromatic nitrogens is 2. The lowest BCUT2D eigenvalue weighted by Gasteiger charge is -2.38. The van der Waals surface area contributed by atoms with Crippen molar-refractivity contribution in [3.05, 3.63) is 47.4 Å². The van der Waals surface area contributed by atoms with Crippen molar-refractivity contribution in [3.8, 4) is 11.3 Å². The number of carbonyl (C=O) groups excluding carboxylic acids is 1. The standard InChI is InChI=1S/C28H38FN3O6S/c1-8-9-16-36-26(33)23-17-21(37-28(4,5)38-23)14-15-22-24(18(2)3)30-27(32(6)39(7,34)35)31-25(22)19-10-12-20(29)13-11-19/h10-15,18,21,23H,8-9,16-17H2,1-7H3/b15-14+/t21-,23-/m1/s1. The van der Waals surface area contributed by atoms with Crippen molar-refractivity contribution < 1.29 is 31.8 Å². The van der Waals surface area contributed by atoms with E-state index < -0.39 is 39.8 Å². The molecule has 1 aromatic carbocycles. The zero-order chi connectivity index (χ0) is 29.0. The fourth-order valence-electron chi connectivity index (χ4n) is 4.11. The van der Waals surface area contributed by atoms with Crippen molar-refractivity contribution in [3.63, 3.8) is 0 Å². The first-order chi connectivity index (χ1) is 18.2. The Bertz CT molecular complexity index is 1300. The van der Waals surface area contributed by atoms with Crippen LogP contribution in [-0.2, 0) is 29.0 Å². The molecule has 2 aromatic rings. The normalized spacial score (nSPS) is 19.4. The quantitative estimate of drug-likeness (QED) is 0.291. The second-order valence-electron chi connectivity index (χ2n) is 10.3. The van der Waals surface area contributed by atoms with Crippen LogP contribution in [0.2, 0.25) is 0 Å². The molecule has 0 saturated carbocycles. The van der Waals surface area contributed by atoms with Crippen molar-refractivity contribution in [1.82, 2.24) is 9.97 Å². The summed E-state index contributed by atoms with van der Waals surface area (Å²) < 4.78 is 56.6. The average Bonchev–Trinajstić information content (AvgIpc) is 2.85. The summed E-state index contributed by atoms with van der Waals surface area (Å²) in [5.41, 5.74) is 2.27. The average molecular weight is 564 g/mol. The number of esters is 1. The number of hydrogen-bond donors (Lipinski definition) is 0. The van der Waals surface area contributed by atoms with Crippen molar-refractivity contribution >= 4 is 28.0 Å². The molecule has 0 bridgehead atoms. The lowest BCUT2D eigenvalue weighted by molar-refractivity contribution is -0.289. The topological polar surface area (TPSA) is 108 Å². The molecular weight excluding hydrogens is 525 g/mol. The van der Waals surface area contributed by atoms with Crippen LogP contribution in [0.25, 0.3) is 17.3 Å². The van der Waals surface area contributed by atoms with Crippen LogP contribution >= 0.6 is 0 Å². The highest BCUT2D eigenvalue weighted by Crippen LogP contribution is 2.33. The predicted octanol–water partition coefficient (Wildman–Crippen LogP) is 5.07. The van der Waals surface area contributed by atoms with Crippen LogP contribution in [0, 0.1) is 5.82 Å². The number of hydrogen-bond acceptors (Lipinski definition) is 8. The Balaban J connectivity index is 2.05. The number of rotatable bonds is 10. The van der Waals surface area contributed by atoms with E-state index in [1.807, 2.05) is 32.9 Å². The largest absolute Gasteiger partial charge is 0.464 e. The lowest BCUT2D eigenvalue weighted by Crippen LogP contribution is -2.47. The van der Waals surface area contributed by atoms with E-state index in [2.05, 4.69) is 9.97 Å². The molecule has 1 aliphatic heterocycles. The summed E-state index contributed by atoms with van der Waals surface area (Å²) in [6.07, 6.45) is 5.36. The van der Waals surface area contributed by atoms with E-state index in [1.165, 1.54) is 19.2 Å². The summed E-state index contributed by atoms with van der Waals surface area (Å²) in [6, 6.07) is 5.80. The van der Waals surface area contributed by atoms with Gasteiger partial charge in [-0.05, 0) is 50.5 Å². The second-order valence-corrected chi connectivity index (χ2v) is 12.4. The molecule has 0 aliphatic carbocycles. The molecule has 3 rings (SSSR count). The number of unbranched alkanes of at least 4 members (excludes halogenated alkanes) is 1. The molecule has 0 spiro atoms. The van der Waals surface area contributed by atoms with Crippen molar-refractivity contribution in [2.75, 3.05) is 24.2 Å². The molecule has 1 saturated heterocycles. The van der Waals surface area contributed by atoms with E-state index in [1.54, 1.807) is 26.0 Å². The first-order valence-corrected chi connectivity index (χ1v) is 14.9. The van der Waals surface area contributed by atoms with Gasteiger partial charge >= 0.3 is 5.97 Å². The Morgan fingerprint density at radius 1 is 1.23 bits per heavy atom. The monoisotopic (exact) mass is 563 g/mol. The first-order valence-electron chi connectivity index (χ1n) is 13.0. The molecule has 0 unspecified atom stereocenters. The van der Waals surface area contributed by atoms with E-state index in [0.717, 1.165) is 23.4 Å². The molecule has 0 N–H and O–H groups in total. The summed E-state index contributed by atoms with van der Waals surface area (Å²) in [5.74, 6) is -1.95. The lowest BCUT2D eigenvalue weighted by atomic mass is 9.97. The summed E-state index contributed by atoms with van der Waals surface area (Å²) in [4.78, 5) is 21.8. The summed E-state index contributed by atoms with van der Waals surface area (Å²) in [6.45, 7) is 9.71. The van der Waals surface area contributed by atoms with Crippen LogP contribution < -0.4 is 4.31 Å². The molecule has 39 heavy (non-hydrogen) atoms. The molecule has 2 atom stereocenters. The molecule has 2 heterocycles. The van der Waals surface area contributed by atoms with E-state index in [0.29, 0.717) is 29.1 Å². The minimum absolute atomic E-state index is 0.0102. The Morgan fingerprint density at radius 3 is 2.49 bits per heavy atom. The maximum Gasteiger partial charge on any atom is 0.335 e. The van der Waals surface area contributed by atoms with Crippen molar-refractivity contribution in [2.24, 2.45) is 0 Å². The zero-order valence-electron chi connectivity index (χ0n) is 23.6. The van der Waals surface area contributed by atoms with Gasteiger partial charge in [0.05, 0.1) is 30.4 Å². The second kappa shape index (κ2) is 12.5. The van der Waals surface area contributed by atoms with Gasteiger partial charge in [-0.1, -0.05) is 39.3 Å². The molecule has 1 aliphatic rings. The van der Waals surface area contributed by atoms with Crippen LogP contribution in [0.4, 0.5) is 10.3 Å². The van der Waals surface area contributed by atoms with Crippen LogP contribution in [-0.4, -0.2) is 62.3 Å². The third-order valence-corrected chi connectivity index (χ3v) is 7.36. The Morgan fingerprint density at radius 2 is 1.90 bits per heavy atom. The maximum atomic E-state index is 13.7. The van der Waals surface area contributed by atoms with Gasteiger partial charge in [0.1, 0.15) is 5.82 Å².